The quantitative estimate of drug-likeness (QED) is 0.862. The molecule has 0 aliphatic carbocycles. The van der Waals surface area contributed by atoms with Crippen LogP contribution in [-0.2, 0) is 0 Å². The molecule has 5 heteroatoms. The van der Waals surface area contributed by atoms with Crippen LogP contribution in [0.1, 0.15) is 0 Å². The molecule has 4 nitrogen and oxygen atoms in total. The van der Waals surface area contributed by atoms with Gasteiger partial charge in [-0.25, -0.2) is 4.39 Å². The molecule has 2 aliphatic heterocycles. The van der Waals surface area contributed by atoms with Crippen molar-refractivity contribution in [2.24, 2.45) is 0 Å². The fourth-order valence-corrected chi connectivity index (χ4v) is 2.73. The molecule has 1 aromatic carbocycles. The summed E-state index contributed by atoms with van der Waals surface area (Å²) in [5, 5.41) is 3.32. The van der Waals surface area contributed by atoms with Crippen molar-refractivity contribution in [1.29, 1.82) is 0 Å². The Hall–Kier alpha value is -1.17. The van der Waals surface area contributed by atoms with Crippen molar-refractivity contribution in [3.63, 3.8) is 0 Å². The maximum Gasteiger partial charge on any atom is 0.165 e. The Morgan fingerprint density at radius 1 is 1.15 bits per heavy atom. The third-order valence-electron chi connectivity index (χ3n) is 4.18. The van der Waals surface area contributed by atoms with Crippen molar-refractivity contribution < 1.29 is 9.13 Å². The molecular weight excluding hydrogens is 257 g/mol. The van der Waals surface area contributed by atoms with E-state index in [0.717, 1.165) is 51.9 Å². The first kappa shape index (κ1) is 13.8. The smallest absolute Gasteiger partial charge is 0.165 e. The van der Waals surface area contributed by atoms with E-state index in [9.17, 15) is 4.39 Å². The van der Waals surface area contributed by atoms with Gasteiger partial charge in [-0.15, -0.1) is 0 Å². The van der Waals surface area contributed by atoms with Gasteiger partial charge < -0.3 is 10.1 Å². The second-order valence-electron chi connectivity index (χ2n) is 5.47. The van der Waals surface area contributed by atoms with Crippen molar-refractivity contribution in [3.8, 4) is 5.75 Å². The van der Waals surface area contributed by atoms with Crippen LogP contribution in [0.3, 0.4) is 0 Å². The number of piperazine rings is 1. The summed E-state index contributed by atoms with van der Waals surface area (Å²) in [5.41, 5.74) is 0. The van der Waals surface area contributed by atoms with Crippen molar-refractivity contribution in [2.45, 2.75) is 6.04 Å². The minimum absolute atomic E-state index is 0.283. The van der Waals surface area contributed by atoms with Gasteiger partial charge in [0.05, 0.1) is 0 Å². The minimum atomic E-state index is -0.283. The van der Waals surface area contributed by atoms with E-state index in [1.54, 1.807) is 18.2 Å². The van der Waals surface area contributed by atoms with Gasteiger partial charge >= 0.3 is 0 Å². The first-order valence-electron chi connectivity index (χ1n) is 7.37. The number of benzene rings is 1. The lowest BCUT2D eigenvalue weighted by Gasteiger charge is -2.43. The number of nitrogens with zero attached hydrogens (tertiary/aromatic N) is 2. The standard InChI is InChI=1S/C15H22FN3O/c16-14-3-1-2-4-15(14)20-10-9-18-5-7-19(8-6-18)13-11-17-12-13/h1-4,13,17H,5-12H2. The van der Waals surface area contributed by atoms with Crippen LogP contribution >= 0.6 is 0 Å². The third-order valence-corrected chi connectivity index (χ3v) is 4.18. The van der Waals surface area contributed by atoms with Gasteiger partial charge in [0.25, 0.3) is 0 Å². The van der Waals surface area contributed by atoms with Crippen LogP contribution in [0, 0.1) is 5.82 Å². The summed E-state index contributed by atoms with van der Waals surface area (Å²) in [6.07, 6.45) is 0. The molecule has 3 rings (SSSR count). The Morgan fingerprint density at radius 2 is 1.90 bits per heavy atom. The Bertz CT molecular complexity index is 431. The molecule has 20 heavy (non-hydrogen) atoms. The van der Waals surface area contributed by atoms with Crippen LogP contribution < -0.4 is 10.1 Å². The average molecular weight is 279 g/mol. The summed E-state index contributed by atoms with van der Waals surface area (Å²) in [6.45, 7) is 8.11. The van der Waals surface area contributed by atoms with Gasteiger partial charge in [-0.05, 0) is 12.1 Å². The fourth-order valence-electron chi connectivity index (χ4n) is 2.73. The van der Waals surface area contributed by atoms with Crippen molar-refractivity contribution in [2.75, 3.05) is 52.4 Å². The number of para-hydroxylation sites is 1. The second-order valence-corrected chi connectivity index (χ2v) is 5.47. The highest BCUT2D eigenvalue weighted by molar-refractivity contribution is 5.23. The predicted octanol–water partition coefficient (Wildman–Crippen LogP) is 0.794. The second kappa shape index (κ2) is 6.52. The van der Waals surface area contributed by atoms with Crippen molar-refractivity contribution >= 4 is 0 Å². The molecule has 0 radical (unpaired) electrons. The van der Waals surface area contributed by atoms with Gasteiger partial charge in [0.15, 0.2) is 11.6 Å². The molecule has 110 valence electrons. The average Bonchev–Trinajstić information content (AvgIpc) is 2.41. The van der Waals surface area contributed by atoms with Gasteiger partial charge in [0.1, 0.15) is 6.61 Å². The molecule has 2 aliphatic rings. The molecule has 0 atom stereocenters. The molecule has 0 amide bonds. The molecule has 2 saturated heterocycles. The topological polar surface area (TPSA) is 27.7 Å². The fraction of sp³-hybridized carbons (Fsp3) is 0.600. The number of hydrogen-bond acceptors (Lipinski definition) is 4. The van der Waals surface area contributed by atoms with E-state index in [0.29, 0.717) is 12.4 Å². The van der Waals surface area contributed by atoms with Gasteiger partial charge in [-0.1, -0.05) is 12.1 Å². The Kier molecular flexibility index (Phi) is 4.50. The zero-order valence-electron chi connectivity index (χ0n) is 11.7. The van der Waals surface area contributed by atoms with E-state index < -0.39 is 0 Å². The molecule has 0 saturated carbocycles. The Balaban J connectivity index is 1.36. The van der Waals surface area contributed by atoms with Gasteiger partial charge in [0, 0.05) is 51.9 Å². The Labute approximate surface area is 119 Å². The van der Waals surface area contributed by atoms with Gasteiger partial charge in [-0.2, -0.15) is 0 Å². The summed E-state index contributed by atoms with van der Waals surface area (Å²) in [5.74, 6) is 0.0708. The summed E-state index contributed by atoms with van der Waals surface area (Å²) in [6, 6.07) is 7.32. The summed E-state index contributed by atoms with van der Waals surface area (Å²) in [4.78, 5) is 4.95. The van der Waals surface area contributed by atoms with Crippen LogP contribution in [0.25, 0.3) is 0 Å². The molecule has 0 unspecified atom stereocenters. The lowest BCUT2D eigenvalue weighted by molar-refractivity contribution is 0.0660. The summed E-state index contributed by atoms with van der Waals surface area (Å²) in [7, 11) is 0. The molecule has 1 N–H and O–H groups in total. The van der Waals surface area contributed by atoms with E-state index in [4.69, 9.17) is 4.74 Å². The van der Waals surface area contributed by atoms with Gasteiger partial charge in [0.2, 0.25) is 0 Å². The zero-order valence-corrected chi connectivity index (χ0v) is 11.7. The molecule has 2 fully saturated rings. The largest absolute Gasteiger partial charge is 0.489 e. The lowest BCUT2D eigenvalue weighted by atomic mass is 10.1. The van der Waals surface area contributed by atoms with Crippen molar-refractivity contribution in [3.05, 3.63) is 30.1 Å². The van der Waals surface area contributed by atoms with E-state index >= 15 is 0 Å². The summed E-state index contributed by atoms with van der Waals surface area (Å²) >= 11 is 0. The first-order valence-corrected chi connectivity index (χ1v) is 7.37. The third kappa shape index (κ3) is 3.29. The molecular formula is C15H22FN3O. The maximum absolute atomic E-state index is 13.4. The Morgan fingerprint density at radius 3 is 2.55 bits per heavy atom. The number of nitrogens with one attached hydrogen (secondary N) is 1. The molecule has 1 aromatic rings. The zero-order chi connectivity index (χ0) is 13.8. The number of rotatable bonds is 5. The van der Waals surface area contributed by atoms with Crippen LogP contribution in [0.2, 0.25) is 0 Å². The minimum Gasteiger partial charge on any atom is -0.489 e. The van der Waals surface area contributed by atoms with Crippen LogP contribution in [0.4, 0.5) is 4.39 Å². The van der Waals surface area contributed by atoms with Crippen LogP contribution in [-0.4, -0.2) is 68.3 Å². The molecule has 0 spiro atoms. The van der Waals surface area contributed by atoms with Crippen LogP contribution in [0.15, 0.2) is 24.3 Å². The first-order chi connectivity index (χ1) is 9.83. The predicted molar refractivity (Wildman–Crippen MR) is 76.6 cm³/mol. The van der Waals surface area contributed by atoms with Gasteiger partial charge in [-0.3, -0.25) is 9.80 Å². The summed E-state index contributed by atoms with van der Waals surface area (Å²) < 4.78 is 18.9. The number of hydrogen-bond donors (Lipinski definition) is 1. The maximum atomic E-state index is 13.4. The molecule has 0 bridgehead atoms. The van der Waals surface area contributed by atoms with E-state index in [1.165, 1.54) is 6.07 Å². The molecule has 2 heterocycles. The number of halogens is 1. The van der Waals surface area contributed by atoms with Crippen LogP contribution in [0.5, 0.6) is 5.75 Å². The van der Waals surface area contributed by atoms with Crippen molar-refractivity contribution in [1.82, 2.24) is 15.1 Å². The monoisotopic (exact) mass is 279 g/mol. The normalized spacial score (nSPS) is 21.6. The van der Waals surface area contributed by atoms with E-state index in [1.807, 2.05) is 0 Å². The highest BCUT2D eigenvalue weighted by Gasteiger charge is 2.27. The lowest BCUT2D eigenvalue weighted by Crippen LogP contribution is -2.61. The number of ether oxygens (including phenoxy) is 1. The molecule has 0 aromatic heterocycles. The van der Waals surface area contributed by atoms with E-state index in [2.05, 4.69) is 15.1 Å². The highest BCUT2D eigenvalue weighted by Crippen LogP contribution is 2.15. The SMILES string of the molecule is Fc1ccccc1OCCN1CCN(C2CNC2)CC1. The van der Waals surface area contributed by atoms with E-state index in [-0.39, 0.29) is 5.82 Å². The highest BCUT2D eigenvalue weighted by atomic mass is 19.1.